The van der Waals surface area contributed by atoms with Crippen molar-refractivity contribution in [2.45, 2.75) is 13.3 Å². The monoisotopic (exact) mass is 296 g/mol. The van der Waals surface area contributed by atoms with Crippen molar-refractivity contribution in [1.82, 2.24) is 10.1 Å². The minimum atomic E-state index is 0.306. The number of aromatic nitrogens is 2. The lowest BCUT2D eigenvalue weighted by molar-refractivity contribution is 0.387. The van der Waals surface area contributed by atoms with Gasteiger partial charge >= 0.3 is 0 Å². The Bertz CT molecular complexity index is 599. The van der Waals surface area contributed by atoms with Crippen LogP contribution in [0.1, 0.15) is 17.3 Å². The molecule has 19 heavy (non-hydrogen) atoms. The van der Waals surface area contributed by atoms with Gasteiger partial charge in [-0.05, 0) is 18.2 Å². The molecule has 2 aromatic rings. The lowest BCUT2D eigenvalue weighted by atomic mass is 10.1. The van der Waals surface area contributed by atoms with E-state index in [9.17, 15) is 0 Å². The normalized spacial score (nSPS) is 10.4. The highest BCUT2D eigenvalue weighted by Gasteiger charge is 2.07. The predicted octanol–water partition coefficient (Wildman–Crippen LogP) is 2.32. The van der Waals surface area contributed by atoms with Gasteiger partial charge in [0.2, 0.25) is 5.89 Å². The number of benzene rings is 1. The highest BCUT2D eigenvalue weighted by Crippen LogP contribution is 2.20. The molecule has 0 saturated heterocycles. The number of anilines is 1. The Morgan fingerprint density at radius 1 is 1.53 bits per heavy atom. The fourth-order valence-electron chi connectivity index (χ4n) is 1.63. The number of nitrogens with one attached hydrogen (secondary N) is 1. The Morgan fingerprint density at radius 2 is 2.32 bits per heavy atom. The van der Waals surface area contributed by atoms with E-state index in [2.05, 4.69) is 15.5 Å². The molecule has 0 atom stereocenters. The van der Waals surface area contributed by atoms with Gasteiger partial charge in [0.15, 0.2) is 5.82 Å². The molecular formula is C12H13ClN4OS. The number of aryl methyl sites for hydroxylation is 1. The average molecular weight is 297 g/mol. The van der Waals surface area contributed by atoms with Crippen LogP contribution in [0.3, 0.4) is 0 Å². The smallest absolute Gasteiger partial charge is 0.223 e. The van der Waals surface area contributed by atoms with Crippen LogP contribution in [-0.4, -0.2) is 21.7 Å². The van der Waals surface area contributed by atoms with Crippen LogP contribution in [0, 0.1) is 6.92 Å². The number of hydrogen-bond donors (Lipinski definition) is 2. The molecular weight excluding hydrogens is 284 g/mol. The van der Waals surface area contributed by atoms with Gasteiger partial charge in [-0.2, -0.15) is 4.98 Å². The van der Waals surface area contributed by atoms with E-state index in [-0.39, 0.29) is 0 Å². The van der Waals surface area contributed by atoms with Crippen molar-refractivity contribution in [3.63, 3.8) is 0 Å². The summed E-state index contributed by atoms with van der Waals surface area (Å²) in [5.41, 5.74) is 7.24. The molecule has 2 rings (SSSR count). The quantitative estimate of drug-likeness (QED) is 0.825. The molecule has 0 fully saturated rings. The molecule has 7 heteroatoms. The first-order valence-corrected chi connectivity index (χ1v) is 6.47. The van der Waals surface area contributed by atoms with Gasteiger partial charge in [0.05, 0.1) is 0 Å². The first-order chi connectivity index (χ1) is 9.06. The van der Waals surface area contributed by atoms with E-state index in [4.69, 9.17) is 34.1 Å². The Labute approximate surface area is 121 Å². The van der Waals surface area contributed by atoms with E-state index >= 15 is 0 Å². The number of halogens is 1. The number of nitrogens with zero attached hydrogens (tertiary/aromatic N) is 2. The SMILES string of the molecule is Cc1nc(CCNc2ccc(Cl)cc2C(N)=S)no1. The summed E-state index contributed by atoms with van der Waals surface area (Å²) >= 11 is 10.9. The summed E-state index contributed by atoms with van der Waals surface area (Å²) in [7, 11) is 0. The van der Waals surface area contributed by atoms with Crippen LogP contribution in [0.2, 0.25) is 5.02 Å². The fraction of sp³-hybridized carbons (Fsp3) is 0.250. The zero-order valence-corrected chi connectivity index (χ0v) is 11.9. The molecule has 1 aromatic heterocycles. The third kappa shape index (κ3) is 3.65. The summed E-state index contributed by atoms with van der Waals surface area (Å²) in [4.78, 5) is 4.43. The van der Waals surface area contributed by atoms with E-state index in [1.807, 2.05) is 6.07 Å². The molecule has 0 radical (unpaired) electrons. The molecule has 0 amide bonds. The summed E-state index contributed by atoms with van der Waals surface area (Å²) in [6.45, 7) is 2.41. The minimum Gasteiger partial charge on any atom is -0.389 e. The van der Waals surface area contributed by atoms with Gasteiger partial charge in [0.1, 0.15) is 4.99 Å². The van der Waals surface area contributed by atoms with Crippen molar-refractivity contribution in [3.05, 3.63) is 40.5 Å². The number of rotatable bonds is 5. The van der Waals surface area contributed by atoms with Crippen LogP contribution in [0.5, 0.6) is 0 Å². The number of thiocarbonyl (C=S) groups is 1. The molecule has 5 nitrogen and oxygen atoms in total. The zero-order chi connectivity index (χ0) is 13.8. The Hall–Kier alpha value is -1.66. The first-order valence-electron chi connectivity index (χ1n) is 5.68. The summed E-state index contributed by atoms with van der Waals surface area (Å²) in [5, 5.41) is 7.65. The predicted molar refractivity (Wildman–Crippen MR) is 78.6 cm³/mol. The lowest BCUT2D eigenvalue weighted by Gasteiger charge is -2.10. The first kappa shape index (κ1) is 13.8. The third-order valence-electron chi connectivity index (χ3n) is 2.48. The fourth-order valence-corrected chi connectivity index (χ4v) is 1.97. The van der Waals surface area contributed by atoms with Gasteiger partial charge in [0.25, 0.3) is 0 Å². The minimum absolute atomic E-state index is 0.306. The van der Waals surface area contributed by atoms with Gasteiger partial charge in [0, 0.05) is 36.2 Å². The van der Waals surface area contributed by atoms with Gasteiger partial charge in [-0.15, -0.1) is 0 Å². The highest BCUT2D eigenvalue weighted by molar-refractivity contribution is 7.80. The molecule has 3 N–H and O–H groups in total. The standard InChI is InChI=1S/C12H13ClN4OS/c1-7-16-11(17-18-7)4-5-15-10-3-2-8(13)6-9(10)12(14)19/h2-3,6,15H,4-5H2,1H3,(H2,14,19). The molecule has 0 spiro atoms. The van der Waals surface area contributed by atoms with E-state index in [0.717, 1.165) is 11.3 Å². The lowest BCUT2D eigenvalue weighted by Crippen LogP contribution is -2.14. The Balaban J connectivity index is 2.01. The van der Waals surface area contributed by atoms with Crippen molar-refractivity contribution >= 4 is 34.5 Å². The average Bonchev–Trinajstić information content (AvgIpc) is 2.77. The zero-order valence-electron chi connectivity index (χ0n) is 10.3. The summed E-state index contributed by atoms with van der Waals surface area (Å²) in [6, 6.07) is 5.37. The molecule has 0 saturated carbocycles. The summed E-state index contributed by atoms with van der Waals surface area (Å²) < 4.78 is 4.90. The molecule has 0 aliphatic rings. The summed E-state index contributed by atoms with van der Waals surface area (Å²) in [5.74, 6) is 1.22. The van der Waals surface area contributed by atoms with Crippen LogP contribution in [0.25, 0.3) is 0 Å². The second-order valence-corrected chi connectivity index (χ2v) is 4.84. The van der Waals surface area contributed by atoms with Crippen molar-refractivity contribution in [2.75, 3.05) is 11.9 Å². The second-order valence-electron chi connectivity index (χ2n) is 3.96. The van der Waals surface area contributed by atoms with Gasteiger partial charge in [-0.1, -0.05) is 29.0 Å². The van der Waals surface area contributed by atoms with E-state index in [0.29, 0.717) is 34.7 Å². The number of hydrogen-bond acceptors (Lipinski definition) is 5. The topological polar surface area (TPSA) is 77.0 Å². The van der Waals surface area contributed by atoms with Crippen LogP contribution < -0.4 is 11.1 Å². The van der Waals surface area contributed by atoms with E-state index in [1.165, 1.54) is 0 Å². The van der Waals surface area contributed by atoms with Crippen LogP contribution >= 0.6 is 23.8 Å². The van der Waals surface area contributed by atoms with Gasteiger partial charge in [-0.25, -0.2) is 0 Å². The van der Waals surface area contributed by atoms with E-state index < -0.39 is 0 Å². The van der Waals surface area contributed by atoms with Crippen LogP contribution in [0.4, 0.5) is 5.69 Å². The second kappa shape index (κ2) is 5.99. The van der Waals surface area contributed by atoms with Crippen LogP contribution in [-0.2, 0) is 6.42 Å². The van der Waals surface area contributed by atoms with Crippen molar-refractivity contribution in [3.8, 4) is 0 Å². The Kier molecular flexibility index (Phi) is 4.34. The third-order valence-corrected chi connectivity index (χ3v) is 2.94. The van der Waals surface area contributed by atoms with Crippen molar-refractivity contribution < 1.29 is 4.52 Å². The molecule has 0 unspecified atom stereocenters. The largest absolute Gasteiger partial charge is 0.389 e. The Morgan fingerprint density at radius 3 is 2.95 bits per heavy atom. The molecule has 1 aromatic carbocycles. The van der Waals surface area contributed by atoms with Gasteiger partial charge < -0.3 is 15.6 Å². The van der Waals surface area contributed by atoms with Crippen molar-refractivity contribution in [2.24, 2.45) is 5.73 Å². The molecule has 0 bridgehead atoms. The van der Waals surface area contributed by atoms with Gasteiger partial charge in [-0.3, -0.25) is 0 Å². The van der Waals surface area contributed by atoms with E-state index in [1.54, 1.807) is 19.1 Å². The number of nitrogens with two attached hydrogens (primary N) is 1. The van der Waals surface area contributed by atoms with Crippen molar-refractivity contribution in [1.29, 1.82) is 0 Å². The maximum Gasteiger partial charge on any atom is 0.223 e. The molecule has 0 aliphatic carbocycles. The molecule has 0 aliphatic heterocycles. The highest BCUT2D eigenvalue weighted by atomic mass is 35.5. The summed E-state index contributed by atoms with van der Waals surface area (Å²) in [6.07, 6.45) is 0.650. The maximum atomic E-state index is 5.92. The maximum absolute atomic E-state index is 5.92. The molecule has 1 heterocycles. The van der Waals surface area contributed by atoms with Crippen LogP contribution in [0.15, 0.2) is 22.7 Å². The molecule has 100 valence electrons.